The van der Waals surface area contributed by atoms with Crippen molar-refractivity contribution >= 4 is 28.4 Å². The van der Waals surface area contributed by atoms with Crippen LogP contribution in [0.15, 0.2) is 12.1 Å². The molecule has 112 valence electrons. The summed E-state index contributed by atoms with van der Waals surface area (Å²) >= 11 is 2.28. The van der Waals surface area contributed by atoms with Crippen molar-refractivity contribution in [1.29, 1.82) is 0 Å². The zero-order valence-corrected chi connectivity index (χ0v) is 14.5. The van der Waals surface area contributed by atoms with E-state index in [0.29, 0.717) is 29.3 Å². The topological polar surface area (TPSA) is 37.3 Å². The molecule has 1 N–H and O–H groups in total. The third-order valence-electron chi connectivity index (χ3n) is 6.53. The van der Waals surface area contributed by atoms with Gasteiger partial charge in [0.15, 0.2) is 0 Å². The fraction of sp³-hybridized carbons (Fsp3) is 0.611. The molecule has 2 fully saturated rings. The number of benzene rings is 1. The van der Waals surface area contributed by atoms with E-state index in [0.717, 1.165) is 35.7 Å². The Labute approximate surface area is 139 Å². The van der Waals surface area contributed by atoms with Gasteiger partial charge in [-0.05, 0) is 89.6 Å². The Balaban J connectivity index is 1.75. The van der Waals surface area contributed by atoms with Gasteiger partial charge in [-0.25, -0.2) is 0 Å². The molecule has 0 radical (unpaired) electrons. The van der Waals surface area contributed by atoms with Gasteiger partial charge in [-0.1, -0.05) is 13.0 Å². The summed E-state index contributed by atoms with van der Waals surface area (Å²) in [5.74, 6) is 2.79. The first-order valence-corrected chi connectivity index (χ1v) is 9.14. The molecular formula is C18H21IO2. The van der Waals surface area contributed by atoms with Gasteiger partial charge in [0.2, 0.25) is 0 Å². The number of phenols is 1. The molecule has 0 aliphatic heterocycles. The van der Waals surface area contributed by atoms with E-state index in [-0.39, 0.29) is 5.41 Å². The minimum atomic E-state index is -0.0389. The van der Waals surface area contributed by atoms with Gasteiger partial charge in [0.1, 0.15) is 11.5 Å². The fourth-order valence-corrected chi connectivity index (χ4v) is 6.14. The van der Waals surface area contributed by atoms with Gasteiger partial charge in [-0.2, -0.15) is 0 Å². The van der Waals surface area contributed by atoms with E-state index in [9.17, 15) is 9.90 Å². The summed E-state index contributed by atoms with van der Waals surface area (Å²) < 4.78 is 1.04. The lowest BCUT2D eigenvalue weighted by Gasteiger charge is -2.48. The lowest BCUT2D eigenvalue weighted by molar-refractivity contribution is -0.129. The van der Waals surface area contributed by atoms with Crippen LogP contribution in [0.2, 0.25) is 0 Å². The van der Waals surface area contributed by atoms with E-state index < -0.39 is 0 Å². The lowest BCUT2D eigenvalue weighted by atomic mass is 9.55. The molecule has 0 bridgehead atoms. The second-order valence-electron chi connectivity index (χ2n) is 7.30. The molecule has 0 heterocycles. The van der Waals surface area contributed by atoms with Gasteiger partial charge < -0.3 is 5.11 Å². The highest BCUT2D eigenvalue weighted by atomic mass is 127. The van der Waals surface area contributed by atoms with Gasteiger partial charge in [-0.15, -0.1) is 0 Å². The summed E-state index contributed by atoms with van der Waals surface area (Å²) in [5.41, 5.74) is 2.78. The number of hydrogen-bond acceptors (Lipinski definition) is 2. The number of carbonyl (C=O) groups is 1. The average molecular weight is 396 g/mol. The third kappa shape index (κ3) is 1.85. The zero-order valence-electron chi connectivity index (χ0n) is 12.4. The molecule has 3 heteroatoms. The number of hydrogen-bond donors (Lipinski definition) is 1. The summed E-state index contributed by atoms with van der Waals surface area (Å²) in [4.78, 5) is 12.3. The molecular weight excluding hydrogens is 375 g/mol. The van der Waals surface area contributed by atoms with E-state index >= 15 is 0 Å². The van der Waals surface area contributed by atoms with E-state index in [4.69, 9.17) is 0 Å². The minimum Gasteiger partial charge on any atom is -0.507 e. The van der Waals surface area contributed by atoms with E-state index in [1.807, 2.05) is 6.07 Å². The largest absolute Gasteiger partial charge is 0.507 e. The molecule has 2 nitrogen and oxygen atoms in total. The highest BCUT2D eigenvalue weighted by molar-refractivity contribution is 14.1. The average Bonchev–Trinajstić information content (AvgIpc) is 2.78. The fourth-order valence-electron chi connectivity index (χ4n) is 5.38. The maximum atomic E-state index is 12.3. The molecule has 1 aromatic rings. The Morgan fingerprint density at radius 2 is 2.05 bits per heavy atom. The first kappa shape index (κ1) is 14.0. The van der Waals surface area contributed by atoms with Crippen LogP contribution in [0.1, 0.15) is 56.1 Å². The molecule has 4 rings (SSSR count). The monoisotopic (exact) mass is 396 g/mol. The molecule has 3 aliphatic rings. The molecule has 0 unspecified atom stereocenters. The molecule has 0 amide bonds. The van der Waals surface area contributed by atoms with Crippen LogP contribution in [0.25, 0.3) is 0 Å². The van der Waals surface area contributed by atoms with Gasteiger partial charge in [0.25, 0.3) is 0 Å². The maximum absolute atomic E-state index is 12.3. The van der Waals surface area contributed by atoms with Crippen LogP contribution in [0.5, 0.6) is 5.75 Å². The Bertz CT molecular complexity index is 624. The van der Waals surface area contributed by atoms with Crippen molar-refractivity contribution in [3.8, 4) is 5.75 Å². The van der Waals surface area contributed by atoms with Crippen LogP contribution < -0.4 is 0 Å². The van der Waals surface area contributed by atoms with Crippen LogP contribution in [0, 0.1) is 20.8 Å². The lowest BCUT2D eigenvalue weighted by Crippen LogP contribution is -2.42. The highest BCUT2D eigenvalue weighted by Gasteiger charge is 2.54. The summed E-state index contributed by atoms with van der Waals surface area (Å²) in [6.45, 7) is 2.22. The number of ketones is 1. The molecule has 1 aromatic carbocycles. The van der Waals surface area contributed by atoms with Gasteiger partial charge in [0.05, 0.1) is 3.57 Å². The standard InChI is InChI=1S/C18H21IO2/c1-18-9-8-11-10-4-6-15(20)17(19)13(10)3-2-12(11)14(18)5-7-16(18)21/h4,6,11-12,14,20H,2-3,5,7-9H2,1H3/t11-,12-,14+,18-/m1/s1. The van der Waals surface area contributed by atoms with Crippen LogP contribution in [0.3, 0.4) is 0 Å². The Morgan fingerprint density at radius 1 is 1.24 bits per heavy atom. The van der Waals surface area contributed by atoms with Crippen molar-refractivity contribution < 1.29 is 9.90 Å². The number of halogens is 1. The Morgan fingerprint density at radius 3 is 2.86 bits per heavy atom. The van der Waals surface area contributed by atoms with Crippen molar-refractivity contribution in [2.75, 3.05) is 0 Å². The van der Waals surface area contributed by atoms with Crippen LogP contribution >= 0.6 is 22.6 Å². The number of rotatable bonds is 0. The van der Waals surface area contributed by atoms with Crippen LogP contribution in [-0.4, -0.2) is 10.9 Å². The Hall–Kier alpha value is -0.580. The maximum Gasteiger partial charge on any atom is 0.139 e. The summed E-state index contributed by atoms with van der Waals surface area (Å²) in [5, 5.41) is 9.95. The molecule has 4 atom stereocenters. The summed E-state index contributed by atoms with van der Waals surface area (Å²) in [7, 11) is 0. The number of aromatic hydroxyl groups is 1. The van der Waals surface area contributed by atoms with E-state index in [1.54, 1.807) is 0 Å². The second kappa shape index (κ2) is 4.71. The van der Waals surface area contributed by atoms with Crippen molar-refractivity contribution in [2.24, 2.45) is 17.3 Å². The predicted molar refractivity (Wildman–Crippen MR) is 90.4 cm³/mol. The van der Waals surface area contributed by atoms with Crippen molar-refractivity contribution in [3.63, 3.8) is 0 Å². The predicted octanol–water partition coefficient (Wildman–Crippen LogP) is 4.42. The third-order valence-corrected chi connectivity index (χ3v) is 7.74. The Kier molecular flexibility index (Phi) is 3.15. The number of carbonyl (C=O) groups excluding carboxylic acids is 1. The smallest absolute Gasteiger partial charge is 0.139 e. The highest BCUT2D eigenvalue weighted by Crippen LogP contribution is 2.59. The first-order chi connectivity index (χ1) is 10.0. The normalized spacial score (nSPS) is 37.8. The number of phenolic OH excluding ortho intramolecular Hbond substituents is 1. The molecule has 0 spiro atoms. The van der Waals surface area contributed by atoms with Crippen molar-refractivity contribution in [2.45, 2.75) is 51.4 Å². The van der Waals surface area contributed by atoms with E-state index in [2.05, 4.69) is 35.6 Å². The van der Waals surface area contributed by atoms with Gasteiger partial charge in [0, 0.05) is 11.8 Å². The molecule has 2 saturated carbocycles. The minimum absolute atomic E-state index is 0.0389. The quantitative estimate of drug-likeness (QED) is 0.660. The first-order valence-electron chi connectivity index (χ1n) is 8.06. The van der Waals surface area contributed by atoms with Crippen LogP contribution in [0.4, 0.5) is 0 Å². The molecule has 21 heavy (non-hydrogen) atoms. The molecule has 3 aliphatic carbocycles. The SMILES string of the molecule is C[C@@]12CC[C@@H]3c4ccc(O)c(I)c4CC[C@H]3[C@@H]1CCC2=O. The zero-order chi connectivity index (χ0) is 14.8. The summed E-state index contributed by atoms with van der Waals surface area (Å²) in [6.07, 6.45) is 6.33. The van der Waals surface area contributed by atoms with Crippen molar-refractivity contribution in [3.05, 3.63) is 26.8 Å². The molecule has 0 saturated heterocycles. The molecule has 0 aromatic heterocycles. The number of Topliss-reactive ketones (excluding diaryl/α,β-unsaturated/α-hetero) is 1. The second-order valence-corrected chi connectivity index (χ2v) is 8.38. The van der Waals surface area contributed by atoms with E-state index in [1.165, 1.54) is 17.5 Å². The summed E-state index contributed by atoms with van der Waals surface area (Å²) in [6, 6.07) is 4.00. The van der Waals surface area contributed by atoms with Crippen LogP contribution in [-0.2, 0) is 11.2 Å². The van der Waals surface area contributed by atoms with Gasteiger partial charge in [-0.3, -0.25) is 4.79 Å². The van der Waals surface area contributed by atoms with Crippen molar-refractivity contribution in [1.82, 2.24) is 0 Å². The van der Waals surface area contributed by atoms with Gasteiger partial charge >= 0.3 is 0 Å². The number of fused-ring (bicyclic) bond motifs is 5.